The number of fused-ring (bicyclic) bond motifs is 6. The number of ether oxygens (including phenoxy) is 1. The first-order valence-electron chi connectivity index (χ1n) is 7.07. The molecule has 0 radical (unpaired) electrons. The van der Waals surface area contributed by atoms with Crippen LogP contribution >= 0.6 is 31.9 Å². The second kappa shape index (κ2) is 4.49. The van der Waals surface area contributed by atoms with Crippen LogP contribution in [0.2, 0.25) is 0 Å². The number of halogens is 2. The highest BCUT2D eigenvalue weighted by Gasteiger charge is 2.34. The van der Waals surface area contributed by atoms with Crippen LogP contribution in [-0.4, -0.2) is 6.10 Å². The quantitative estimate of drug-likeness (QED) is 0.550. The molecule has 2 aliphatic rings. The first kappa shape index (κ1) is 13.0. The molecule has 1 aromatic heterocycles. The normalized spacial score (nSPS) is 21.4. The monoisotopic (exact) mass is 416 g/mol. The Hall–Kier alpha value is -1.52. The molecule has 0 saturated carbocycles. The third-order valence-electron chi connectivity index (χ3n) is 4.33. The van der Waals surface area contributed by atoms with Gasteiger partial charge in [0.1, 0.15) is 22.9 Å². The summed E-state index contributed by atoms with van der Waals surface area (Å²) >= 11 is 7.07. The van der Waals surface area contributed by atoms with E-state index in [1.54, 1.807) is 0 Å². The van der Waals surface area contributed by atoms with E-state index in [1.807, 2.05) is 24.3 Å². The van der Waals surface area contributed by atoms with Crippen LogP contribution in [0.3, 0.4) is 0 Å². The highest BCUT2D eigenvalue weighted by atomic mass is 79.9. The fraction of sp³-hybridized carbons (Fsp3) is 0.111. The summed E-state index contributed by atoms with van der Waals surface area (Å²) in [5, 5.41) is 2.25. The van der Waals surface area contributed by atoms with Crippen molar-refractivity contribution in [3.05, 3.63) is 61.5 Å². The van der Waals surface area contributed by atoms with Crippen molar-refractivity contribution in [2.45, 2.75) is 12.0 Å². The van der Waals surface area contributed by atoms with Crippen molar-refractivity contribution in [1.29, 1.82) is 0 Å². The van der Waals surface area contributed by atoms with E-state index in [1.165, 1.54) is 5.56 Å². The second-order valence-electron chi connectivity index (χ2n) is 5.64. The molecule has 0 spiro atoms. The van der Waals surface area contributed by atoms with Gasteiger partial charge >= 0.3 is 0 Å². The Labute approximate surface area is 143 Å². The summed E-state index contributed by atoms with van der Waals surface area (Å²) in [7, 11) is 0. The fourth-order valence-corrected chi connectivity index (χ4v) is 4.08. The lowest BCUT2D eigenvalue weighted by Crippen LogP contribution is -2.32. The molecule has 2 unspecified atom stereocenters. The Morgan fingerprint density at radius 2 is 1.73 bits per heavy atom. The SMILES string of the molecule is Brc1ccc2c(c1)C1C=c3oc4ccc(Br)cc4c3=CC1O2. The van der Waals surface area contributed by atoms with Crippen LogP contribution in [0.25, 0.3) is 23.1 Å². The Morgan fingerprint density at radius 1 is 0.909 bits per heavy atom. The van der Waals surface area contributed by atoms with Gasteiger partial charge in [-0.15, -0.1) is 0 Å². The van der Waals surface area contributed by atoms with Crippen LogP contribution in [0, 0.1) is 0 Å². The third-order valence-corrected chi connectivity index (χ3v) is 5.31. The largest absolute Gasteiger partial charge is 0.485 e. The molecule has 0 fully saturated rings. The molecule has 1 aliphatic carbocycles. The standard InChI is InChI=1S/C18H10Br2O2/c19-9-1-3-15-11(5-9)13-7-18-14(8-17(13)21-15)12-6-10(20)2-4-16(12)22-18/h1-8,13,17H. The summed E-state index contributed by atoms with van der Waals surface area (Å²) in [5.41, 5.74) is 3.06. The zero-order chi connectivity index (χ0) is 14.8. The van der Waals surface area contributed by atoms with E-state index in [4.69, 9.17) is 9.15 Å². The zero-order valence-electron chi connectivity index (χ0n) is 11.3. The molecule has 2 heterocycles. The number of benzene rings is 2. The van der Waals surface area contributed by atoms with Crippen LogP contribution in [-0.2, 0) is 0 Å². The minimum absolute atomic E-state index is 0.0385. The van der Waals surface area contributed by atoms with Crippen molar-refractivity contribution in [2.24, 2.45) is 0 Å². The molecule has 5 rings (SSSR count). The van der Waals surface area contributed by atoms with E-state index in [9.17, 15) is 0 Å². The third kappa shape index (κ3) is 1.77. The molecule has 2 nitrogen and oxygen atoms in total. The number of hydrogen-bond donors (Lipinski definition) is 0. The van der Waals surface area contributed by atoms with E-state index in [0.29, 0.717) is 0 Å². The van der Waals surface area contributed by atoms with Crippen molar-refractivity contribution < 1.29 is 9.15 Å². The molecule has 108 valence electrons. The van der Waals surface area contributed by atoms with Gasteiger partial charge in [0.15, 0.2) is 0 Å². The first-order chi connectivity index (χ1) is 10.7. The molecule has 2 atom stereocenters. The van der Waals surface area contributed by atoms with Crippen molar-refractivity contribution in [3.8, 4) is 5.75 Å². The highest BCUT2D eigenvalue weighted by molar-refractivity contribution is 9.10. The Balaban J connectivity index is 1.79. The van der Waals surface area contributed by atoms with Gasteiger partial charge in [-0.1, -0.05) is 31.9 Å². The summed E-state index contributed by atoms with van der Waals surface area (Å²) in [5.74, 6) is 1.17. The van der Waals surface area contributed by atoms with E-state index in [0.717, 1.165) is 36.3 Å². The highest BCUT2D eigenvalue weighted by Crippen LogP contribution is 2.42. The molecular weight excluding hydrogens is 408 g/mol. The van der Waals surface area contributed by atoms with Gasteiger partial charge in [-0.05, 0) is 48.6 Å². The van der Waals surface area contributed by atoms with Crippen LogP contribution in [0.15, 0.2) is 49.8 Å². The molecule has 0 N–H and O–H groups in total. The van der Waals surface area contributed by atoms with E-state index in [-0.39, 0.29) is 12.0 Å². The predicted octanol–water partition coefficient (Wildman–Crippen LogP) is 4.08. The minimum Gasteiger partial charge on any atom is -0.485 e. The number of rotatable bonds is 0. The molecule has 0 bridgehead atoms. The van der Waals surface area contributed by atoms with Crippen molar-refractivity contribution >= 4 is 55.0 Å². The molecular formula is C18H10Br2O2. The lowest BCUT2D eigenvalue weighted by molar-refractivity contribution is 0.287. The average molecular weight is 418 g/mol. The molecule has 4 heteroatoms. The van der Waals surface area contributed by atoms with Gasteiger partial charge < -0.3 is 9.15 Å². The summed E-state index contributed by atoms with van der Waals surface area (Å²) in [4.78, 5) is 0. The second-order valence-corrected chi connectivity index (χ2v) is 7.48. The summed E-state index contributed by atoms with van der Waals surface area (Å²) in [6.07, 6.45) is 4.41. The number of hydrogen-bond acceptors (Lipinski definition) is 2. The van der Waals surface area contributed by atoms with Gasteiger partial charge in [-0.25, -0.2) is 0 Å². The van der Waals surface area contributed by atoms with E-state index < -0.39 is 0 Å². The van der Waals surface area contributed by atoms with Crippen molar-refractivity contribution in [3.63, 3.8) is 0 Å². The zero-order valence-corrected chi connectivity index (χ0v) is 14.5. The Bertz CT molecular complexity index is 1050. The first-order valence-corrected chi connectivity index (χ1v) is 8.65. The predicted molar refractivity (Wildman–Crippen MR) is 93.4 cm³/mol. The van der Waals surface area contributed by atoms with Crippen LogP contribution in [0.5, 0.6) is 5.75 Å². The minimum atomic E-state index is 0.0385. The maximum Gasteiger partial charge on any atom is 0.135 e. The van der Waals surface area contributed by atoms with Gasteiger partial charge in [0.2, 0.25) is 0 Å². The van der Waals surface area contributed by atoms with E-state index >= 15 is 0 Å². The summed E-state index contributed by atoms with van der Waals surface area (Å²) < 4.78 is 14.3. The number of furan rings is 1. The van der Waals surface area contributed by atoms with Gasteiger partial charge in [-0.3, -0.25) is 0 Å². The molecule has 22 heavy (non-hydrogen) atoms. The smallest absolute Gasteiger partial charge is 0.135 e. The lowest BCUT2D eigenvalue weighted by Gasteiger charge is -2.13. The molecule has 3 aromatic rings. The van der Waals surface area contributed by atoms with Gasteiger partial charge in [0, 0.05) is 25.1 Å². The molecule has 1 aliphatic heterocycles. The van der Waals surface area contributed by atoms with Gasteiger partial charge in [0.25, 0.3) is 0 Å². The maximum atomic E-state index is 6.11. The maximum absolute atomic E-state index is 6.11. The van der Waals surface area contributed by atoms with E-state index in [2.05, 4.69) is 56.1 Å². The molecule has 0 amide bonds. The molecule has 2 aromatic carbocycles. The van der Waals surface area contributed by atoms with Crippen LogP contribution in [0.4, 0.5) is 0 Å². The average Bonchev–Trinajstić information content (AvgIpc) is 3.02. The summed E-state index contributed by atoms with van der Waals surface area (Å²) in [6, 6.07) is 12.3. The Morgan fingerprint density at radius 3 is 2.64 bits per heavy atom. The van der Waals surface area contributed by atoms with Crippen LogP contribution < -0.4 is 15.4 Å². The molecule has 0 saturated heterocycles. The van der Waals surface area contributed by atoms with Gasteiger partial charge in [0.05, 0.1) is 5.92 Å². The van der Waals surface area contributed by atoms with Crippen molar-refractivity contribution in [1.82, 2.24) is 0 Å². The van der Waals surface area contributed by atoms with Crippen molar-refractivity contribution in [2.75, 3.05) is 0 Å². The van der Waals surface area contributed by atoms with Gasteiger partial charge in [-0.2, -0.15) is 0 Å². The lowest BCUT2D eigenvalue weighted by atomic mass is 9.91. The topological polar surface area (TPSA) is 22.4 Å². The Kier molecular flexibility index (Phi) is 2.65. The van der Waals surface area contributed by atoms with Crippen LogP contribution in [0.1, 0.15) is 11.5 Å². The fourth-order valence-electron chi connectivity index (χ4n) is 3.34. The summed E-state index contributed by atoms with van der Waals surface area (Å²) in [6.45, 7) is 0.